The molecular weight excluding hydrogens is 238 g/mol. The molecule has 0 aromatic carbocycles. The molecule has 2 aliphatic rings. The molecule has 2 atom stereocenters. The Morgan fingerprint density at radius 2 is 2.00 bits per heavy atom. The summed E-state index contributed by atoms with van der Waals surface area (Å²) >= 11 is 0. The number of hydrogen-bond acceptors (Lipinski definition) is 3. The van der Waals surface area contributed by atoms with Crippen LogP contribution in [0.3, 0.4) is 0 Å². The van der Waals surface area contributed by atoms with Crippen LogP contribution < -0.4 is 0 Å². The zero-order valence-electron chi connectivity index (χ0n) is 12.6. The maximum absolute atomic E-state index is 12.0. The molecule has 0 amide bonds. The molecule has 1 aliphatic carbocycles. The fraction of sp³-hybridized carbons (Fsp3) is 0.938. The van der Waals surface area contributed by atoms with Crippen molar-refractivity contribution in [1.29, 1.82) is 0 Å². The fourth-order valence-electron chi connectivity index (χ4n) is 4.04. The van der Waals surface area contributed by atoms with Gasteiger partial charge in [-0.15, -0.1) is 0 Å². The van der Waals surface area contributed by atoms with Gasteiger partial charge in [0.25, 0.3) is 0 Å². The minimum atomic E-state index is 0.00201. The molecular formula is C16H29NO2. The van der Waals surface area contributed by atoms with Crippen LogP contribution in [0.2, 0.25) is 0 Å². The summed E-state index contributed by atoms with van der Waals surface area (Å²) in [4.78, 5) is 14.6. The summed E-state index contributed by atoms with van der Waals surface area (Å²) in [6.45, 7) is 7.08. The van der Waals surface area contributed by atoms with Crippen molar-refractivity contribution in [1.82, 2.24) is 4.90 Å². The van der Waals surface area contributed by atoms with Gasteiger partial charge >= 0.3 is 5.97 Å². The molecule has 0 aromatic heterocycles. The number of carbonyl (C=O) groups is 1. The average molecular weight is 267 g/mol. The third-order valence-corrected chi connectivity index (χ3v) is 4.87. The van der Waals surface area contributed by atoms with Crippen LogP contribution >= 0.6 is 0 Å². The van der Waals surface area contributed by atoms with Crippen molar-refractivity contribution in [3.05, 3.63) is 0 Å². The van der Waals surface area contributed by atoms with Gasteiger partial charge in [0.1, 0.15) is 0 Å². The molecule has 2 rings (SSSR count). The molecule has 3 heteroatoms. The molecule has 0 bridgehead atoms. The first kappa shape index (κ1) is 14.8. The summed E-state index contributed by atoms with van der Waals surface area (Å²) in [5, 5.41) is 0. The lowest BCUT2D eigenvalue weighted by atomic mass is 9.72. The van der Waals surface area contributed by atoms with Crippen LogP contribution in [0.4, 0.5) is 0 Å². The van der Waals surface area contributed by atoms with Gasteiger partial charge in [-0.05, 0) is 51.6 Å². The van der Waals surface area contributed by atoms with E-state index in [1.165, 1.54) is 58.0 Å². The van der Waals surface area contributed by atoms with E-state index in [1.54, 1.807) is 0 Å². The van der Waals surface area contributed by atoms with E-state index in [0.29, 0.717) is 13.0 Å². The topological polar surface area (TPSA) is 29.5 Å². The average Bonchev–Trinajstić information content (AvgIpc) is 2.40. The van der Waals surface area contributed by atoms with Gasteiger partial charge in [0, 0.05) is 5.54 Å². The Morgan fingerprint density at radius 1 is 1.26 bits per heavy atom. The number of likely N-dealkylation sites (tertiary alicyclic amines) is 1. The Bertz CT molecular complexity index is 299. The Balaban J connectivity index is 2.09. The quantitative estimate of drug-likeness (QED) is 0.731. The first-order chi connectivity index (χ1) is 9.16. The molecule has 2 fully saturated rings. The normalized spacial score (nSPS) is 33.1. The van der Waals surface area contributed by atoms with Gasteiger partial charge in [-0.1, -0.05) is 26.2 Å². The van der Waals surface area contributed by atoms with Gasteiger partial charge in [0.2, 0.25) is 0 Å². The number of ether oxygens (including phenoxy) is 1. The van der Waals surface area contributed by atoms with Gasteiger partial charge in [-0.2, -0.15) is 0 Å². The molecule has 2 unspecified atom stereocenters. The molecule has 0 N–H and O–H groups in total. The molecule has 110 valence electrons. The Hall–Kier alpha value is -0.570. The third-order valence-electron chi connectivity index (χ3n) is 4.87. The summed E-state index contributed by atoms with van der Waals surface area (Å²) in [5.74, 6) is 0.743. The first-order valence-electron chi connectivity index (χ1n) is 8.07. The number of piperidine rings is 1. The minimum Gasteiger partial charge on any atom is -0.466 e. The van der Waals surface area contributed by atoms with Gasteiger partial charge in [-0.25, -0.2) is 0 Å². The second-order valence-electron chi connectivity index (χ2n) is 6.46. The van der Waals surface area contributed by atoms with Crippen LogP contribution in [0.1, 0.15) is 65.2 Å². The van der Waals surface area contributed by atoms with Crippen LogP contribution in [-0.4, -0.2) is 36.1 Å². The van der Waals surface area contributed by atoms with E-state index in [2.05, 4.69) is 11.8 Å². The van der Waals surface area contributed by atoms with Crippen LogP contribution in [-0.2, 0) is 9.53 Å². The summed E-state index contributed by atoms with van der Waals surface area (Å²) in [6.07, 6.45) is 9.46. The highest BCUT2D eigenvalue weighted by atomic mass is 16.5. The van der Waals surface area contributed by atoms with E-state index in [0.717, 1.165) is 5.92 Å². The van der Waals surface area contributed by atoms with Crippen molar-refractivity contribution >= 4 is 5.97 Å². The minimum absolute atomic E-state index is 0.00201. The highest BCUT2D eigenvalue weighted by Gasteiger charge is 2.42. The molecule has 0 spiro atoms. The van der Waals surface area contributed by atoms with Gasteiger partial charge in [-0.3, -0.25) is 9.69 Å². The zero-order chi connectivity index (χ0) is 13.7. The monoisotopic (exact) mass is 267 g/mol. The lowest BCUT2D eigenvalue weighted by Gasteiger charge is -2.49. The molecule has 3 nitrogen and oxygen atoms in total. The van der Waals surface area contributed by atoms with Crippen LogP contribution in [0.25, 0.3) is 0 Å². The molecule has 0 radical (unpaired) electrons. The number of esters is 1. The van der Waals surface area contributed by atoms with E-state index in [4.69, 9.17) is 4.74 Å². The molecule has 19 heavy (non-hydrogen) atoms. The van der Waals surface area contributed by atoms with Crippen molar-refractivity contribution in [2.45, 2.75) is 70.8 Å². The lowest BCUT2D eigenvalue weighted by molar-refractivity contribution is -0.148. The van der Waals surface area contributed by atoms with E-state index < -0.39 is 0 Å². The predicted molar refractivity (Wildman–Crippen MR) is 77.0 cm³/mol. The van der Waals surface area contributed by atoms with Crippen LogP contribution in [0, 0.1) is 5.92 Å². The van der Waals surface area contributed by atoms with Crippen molar-refractivity contribution in [3.63, 3.8) is 0 Å². The number of hydrogen-bond donors (Lipinski definition) is 0. The number of carbonyl (C=O) groups excluding carboxylic acids is 1. The highest BCUT2D eigenvalue weighted by molar-refractivity contribution is 5.71. The van der Waals surface area contributed by atoms with Crippen LogP contribution in [0.15, 0.2) is 0 Å². The van der Waals surface area contributed by atoms with Crippen molar-refractivity contribution in [3.8, 4) is 0 Å². The fourth-order valence-corrected chi connectivity index (χ4v) is 4.04. The Kier molecular flexibility index (Phi) is 5.26. The van der Waals surface area contributed by atoms with Gasteiger partial charge in [0.15, 0.2) is 0 Å². The third kappa shape index (κ3) is 3.71. The van der Waals surface area contributed by atoms with Crippen LogP contribution in [0.5, 0.6) is 0 Å². The SMILES string of the molecule is CCOC(=O)CC1(N2CCCCC2)CCCC(C)C1. The smallest absolute Gasteiger partial charge is 0.307 e. The second-order valence-corrected chi connectivity index (χ2v) is 6.46. The van der Waals surface area contributed by atoms with E-state index in [9.17, 15) is 4.79 Å². The Labute approximate surface area is 117 Å². The molecule has 1 aliphatic heterocycles. The highest BCUT2D eigenvalue weighted by Crippen LogP contribution is 2.40. The summed E-state index contributed by atoms with van der Waals surface area (Å²) < 4.78 is 5.23. The van der Waals surface area contributed by atoms with Crippen molar-refractivity contribution in [2.75, 3.05) is 19.7 Å². The standard InChI is InChI=1S/C16H29NO2/c1-3-19-15(18)13-16(9-7-8-14(2)12-16)17-10-5-4-6-11-17/h14H,3-13H2,1-2H3. The molecule has 1 saturated heterocycles. The lowest BCUT2D eigenvalue weighted by Crippen LogP contribution is -2.54. The maximum atomic E-state index is 12.0. The van der Waals surface area contributed by atoms with Crippen molar-refractivity contribution in [2.24, 2.45) is 5.92 Å². The predicted octanol–water partition coefficient (Wildman–Crippen LogP) is 3.37. The Morgan fingerprint density at radius 3 is 2.63 bits per heavy atom. The number of rotatable bonds is 4. The first-order valence-corrected chi connectivity index (χ1v) is 8.07. The zero-order valence-corrected chi connectivity index (χ0v) is 12.6. The van der Waals surface area contributed by atoms with E-state index >= 15 is 0 Å². The second kappa shape index (κ2) is 6.74. The summed E-state index contributed by atoms with van der Waals surface area (Å²) in [7, 11) is 0. The maximum Gasteiger partial charge on any atom is 0.307 e. The summed E-state index contributed by atoms with van der Waals surface area (Å²) in [5.41, 5.74) is 0.102. The number of nitrogens with zero attached hydrogens (tertiary/aromatic N) is 1. The van der Waals surface area contributed by atoms with E-state index in [-0.39, 0.29) is 11.5 Å². The molecule has 1 heterocycles. The van der Waals surface area contributed by atoms with Gasteiger partial charge < -0.3 is 4.74 Å². The van der Waals surface area contributed by atoms with Gasteiger partial charge in [0.05, 0.1) is 13.0 Å². The molecule has 0 aromatic rings. The summed E-state index contributed by atoms with van der Waals surface area (Å²) in [6, 6.07) is 0. The molecule has 1 saturated carbocycles. The largest absolute Gasteiger partial charge is 0.466 e. The van der Waals surface area contributed by atoms with Crippen molar-refractivity contribution < 1.29 is 9.53 Å². The van der Waals surface area contributed by atoms with E-state index in [1.807, 2.05) is 6.92 Å².